The van der Waals surface area contributed by atoms with Crippen LogP contribution in [0.15, 0.2) is 43.0 Å². The van der Waals surface area contributed by atoms with Gasteiger partial charge in [0, 0.05) is 45.0 Å². The molecule has 0 unspecified atom stereocenters. The fourth-order valence-electron chi connectivity index (χ4n) is 3.01. The number of para-hydroxylation sites is 1. The van der Waals surface area contributed by atoms with Crippen molar-refractivity contribution in [2.24, 2.45) is 5.92 Å². The first-order valence-corrected chi connectivity index (χ1v) is 8.51. The van der Waals surface area contributed by atoms with E-state index in [0.717, 1.165) is 38.4 Å². The minimum atomic E-state index is 0.147. The van der Waals surface area contributed by atoms with Gasteiger partial charge in [-0.3, -0.25) is 9.69 Å². The number of amides is 1. The van der Waals surface area contributed by atoms with Crippen LogP contribution in [0.5, 0.6) is 0 Å². The van der Waals surface area contributed by atoms with E-state index >= 15 is 0 Å². The number of rotatable bonds is 7. The van der Waals surface area contributed by atoms with Gasteiger partial charge in [0.15, 0.2) is 0 Å². The third-order valence-electron chi connectivity index (χ3n) is 4.13. The second kappa shape index (κ2) is 8.85. The molecule has 0 bridgehead atoms. The predicted octanol–water partition coefficient (Wildman–Crippen LogP) is 2.48. The van der Waals surface area contributed by atoms with E-state index in [1.54, 1.807) is 6.08 Å². The molecule has 0 saturated carbocycles. The zero-order valence-electron chi connectivity index (χ0n) is 14.4. The van der Waals surface area contributed by atoms with Crippen molar-refractivity contribution in [2.75, 3.05) is 50.7 Å². The summed E-state index contributed by atoms with van der Waals surface area (Å²) in [5.74, 6) is 0.845. The monoisotopic (exact) mass is 315 g/mol. The lowest BCUT2D eigenvalue weighted by molar-refractivity contribution is -0.120. The van der Waals surface area contributed by atoms with Crippen LogP contribution >= 0.6 is 0 Å². The summed E-state index contributed by atoms with van der Waals surface area (Å²) in [4.78, 5) is 19.2. The highest BCUT2D eigenvalue weighted by Crippen LogP contribution is 2.14. The Labute approximate surface area is 140 Å². The van der Waals surface area contributed by atoms with Crippen molar-refractivity contribution in [2.45, 2.75) is 13.8 Å². The van der Waals surface area contributed by atoms with E-state index in [9.17, 15) is 4.79 Å². The summed E-state index contributed by atoms with van der Waals surface area (Å²) in [7, 11) is 0. The van der Waals surface area contributed by atoms with Crippen molar-refractivity contribution in [3.63, 3.8) is 0 Å². The van der Waals surface area contributed by atoms with Gasteiger partial charge in [-0.05, 0) is 18.1 Å². The average molecular weight is 315 g/mol. The molecule has 2 rings (SSSR count). The Morgan fingerprint density at radius 3 is 2.35 bits per heavy atom. The van der Waals surface area contributed by atoms with Crippen LogP contribution in [0.25, 0.3) is 0 Å². The molecule has 4 nitrogen and oxygen atoms in total. The fourth-order valence-corrected chi connectivity index (χ4v) is 3.01. The van der Waals surface area contributed by atoms with Gasteiger partial charge in [-0.25, -0.2) is 0 Å². The molecule has 0 radical (unpaired) electrons. The van der Waals surface area contributed by atoms with Gasteiger partial charge in [-0.1, -0.05) is 38.1 Å². The number of hydrogen-bond donors (Lipinski definition) is 0. The Bertz CT molecular complexity index is 493. The molecule has 126 valence electrons. The molecule has 1 aromatic rings. The number of carbonyl (C=O) groups is 1. The van der Waals surface area contributed by atoms with Gasteiger partial charge in [-0.2, -0.15) is 0 Å². The molecular weight excluding hydrogens is 286 g/mol. The van der Waals surface area contributed by atoms with Crippen LogP contribution in [0.3, 0.4) is 0 Å². The zero-order valence-corrected chi connectivity index (χ0v) is 14.4. The van der Waals surface area contributed by atoms with E-state index in [4.69, 9.17) is 0 Å². The van der Waals surface area contributed by atoms with Crippen LogP contribution in [0.1, 0.15) is 13.8 Å². The maximum atomic E-state index is 12.7. The van der Waals surface area contributed by atoms with Gasteiger partial charge in [0.25, 0.3) is 0 Å². The minimum Gasteiger partial charge on any atom is -0.308 e. The number of nitrogens with zero attached hydrogens (tertiary/aromatic N) is 3. The first-order chi connectivity index (χ1) is 11.1. The summed E-state index contributed by atoms with van der Waals surface area (Å²) in [5.41, 5.74) is 0.941. The van der Waals surface area contributed by atoms with Crippen molar-refractivity contribution in [3.05, 3.63) is 43.0 Å². The van der Waals surface area contributed by atoms with E-state index in [0.29, 0.717) is 19.0 Å². The highest BCUT2D eigenvalue weighted by Gasteiger charge is 2.22. The molecule has 1 amide bonds. The lowest BCUT2D eigenvalue weighted by Crippen LogP contribution is -2.50. The Morgan fingerprint density at radius 1 is 1.17 bits per heavy atom. The van der Waals surface area contributed by atoms with Crippen LogP contribution in [0.2, 0.25) is 0 Å². The zero-order chi connectivity index (χ0) is 16.7. The van der Waals surface area contributed by atoms with Crippen LogP contribution in [-0.2, 0) is 4.79 Å². The highest BCUT2D eigenvalue weighted by atomic mass is 16.2. The quantitative estimate of drug-likeness (QED) is 0.723. The predicted molar refractivity (Wildman–Crippen MR) is 96.7 cm³/mol. The lowest BCUT2D eigenvalue weighted by atomic mass is 10.2. The lowest BCUT2D eigenvalue weighted by Gasteiger charge is -2.36. The molecule has 0 spiro atoms. The second-order valence-corrected chi connectivity index (χ2v) is 6.60. The largest absolute Gasteiger partial charge is 0.308 e. The summed E-state index contributed by atoms with van der Waals surface area (Å²) in [6.07, 6.45) is 1.78. The number of piperazine rings is 1. The van der Waals surface area contributed by atoms with Crippen molar-refractivity contribution < 1.29 is 4.79 Å². The molecule has 1 aliphatic rings. The summed E-state index contributed by atoms with van der Waals surface area (Å²) < 4.78 is 0. The maximum absolute atomic E-state index is 12.7. The second-order valence-electron chi connectivity index (χ2n) is 6.60. The number of carbonyl (C=O) groups excluding carboxylic acids is 1. The summed E-state index contributed by atoms with van der Waals surface area (Å²) in [6, 6.07) is 9.84. The molecule has 1 aliphatic heterocycles. The fraction of sp³-hybridized carbons (Fsp3) is 0.526. The number of hydrogen-bond acceptors (Lipinski definition) is 3. The molecule has 1 aromatic carbocycles. The first-order valence-electron chi connectivity index (χ1n) is 8.51. The molecule has 1 fully saturated rings. The number of anilines is 1. The molecule has 0 aromatic heterocycles. The van der Waals surface area contributed by atoms with Crippen molar-refractivity contribution in [1.29, 1.82) is 0 Å². The van der Waals surface area contributed by atoms with Crippen LogP contribution in [0.4, 0.5) is 5.69 Å². The third-order valence-corrected chi connectivity index (χ3v) is 4.13. The molecule has 0 aliphatic carbocycles. The van der Waals surface area contributed by atoms with E-state index in [1.165, 1.54) is 0 Å². The Kier molecular flexibility index (Phi) is 6.81. The van der Waals surface area contributed by atoms with Gasteiger partial charge >= 0.3 is 0 Å². The summed E-state index contributed by atoms with van der Waals surface area (Å²) >= 11 is 0. The summed E-state index contributed by atoms with van der Waals surface area (Å²) in [5, 5.41) is 0. The smallest absolute Gasteiger partial charge is 0.241 e. The van der Waals surface area contributed by atoms with Crippen LogP contribution in [0, 0.1) is 5.92 Å². The van der Waals surface area contributed by atoms with E-state index in [1.807, 2.05) is 35.2 Å². The summed E-state index contributed by atoms with van der Waals surface area (Å²) in [6.45, 7) is 14.5. The van der Waals surface area contributed by atoms with E-state index in [-0.39, 0.29) is 5.91 Å². The van der Waals surface area contributed by atoms with E-state index < -0.39 is 0 Å². The van der Waals surface area contributed by atoms with Gasteiger partial charge in [0.2, 0.25) is 5.91 Å². The molecule has 0 N–H and O–H groups in total. The average Bonchev–Trinajstić information content (AvgIpc) is 2.54. The van der Waals surface area contributed by atoms with Crippen molar-refractivity contribution in [1.82, 2.24) is 9.80 Å². The van der Waals surface area contributed by atoms with Gasteiger partial charge in [-0.15, -0.1) is 6.58 Å². The highest BCUT2D eigenvalue weighted by molar-refractivity contribution is 5.95. The SMILES string of the molecule is C=CCN(C(=O)CN1CCN(CC(C)C)CC1)c1ccccc1. The van der Waals surface area contributed by atoms with Crippen LogP contribution in [-0.4, -0.2) is 61.5 Å². The van der Waals surface area contributed by atoms with Crippen LogP contribution < -0.4 is 4.90 Å². The van der Waals surface area contributed by atoms with Crippen molar-refractivity contribution >= 4 is 11.6 Å². The van der Waals surface area contributed by atoms with Gasteiger partial charge < -0.3 is 9.80 Å². The minimum absolute atomic E-state index is 0.147. The normalized spacial score (nSPS) is 16.5. The topological polar surface area (TPSA) is 26.8 Å². The molecule has 1 saturated heterocycles. The van der Waals surface area contributed by atoms with Gasteiger partial charge in [0.05, 0.1) is 6.54 Å². The van der Waals surface area contributed by atoms with Gasteiger partial charge in [0.1, 0.15) is 0 Å². The molecule has 1 heterocycles. The Balaban J connectivity index is 1.89. The molecule has 0 atom stereocenters. The molecular formula is C19H29N3O. The molecule has 4 heteroatoms. The number of benzene rings is 1. The molecule has 23 heavy (non-hydrogen) atoms. The standard InChI is InChI=1S/C19H29N3O/c1-4-10-22(18-8-6-5-7-9-18)19(23)16-21-13-11-20(12-14-21)15-17(2)3/h4-9,17H,1,10-16H2,2-3H3. The first kappa shape index (κ1) is 17.7. The van der Waals surface area contributed by atoms with E-state index in [2.05, 4.69) is 30.2 Å². The Hall–Kier alpha value is -1.65. The van der Waals surface area contributed by atoms with Crippen molar-refractivity contribution in [3.8, 4) is 0 Å². The Morgan fingerprint density at radius 2 is 1.78 bits per heavy atom. The maximum Gasteiger partial charge on any atom is 0.241 e. The third kappa shape index (κ3) is 5.48.